The lowest BCUT2D eigenvalue weighted by Gasteiger charge is -2.08. The number of nitrogens with zero attached hydrogens (tertiary/aromatic N) is 1. The molecule has 0 saturated carbocycles. The van der Waals surface area contributed by atoms with Crippen molar-refractivity contribution < 1.29 is 19.7 Å². The fraction of sp³-hybridized carbons (Fsp3) is 0.0625. The zero-order valence-corrected chi connectivity index (χ0v) is 10.9. The Morgan fingerprint density at radius 2 is 1.67 bits per heavy atom. The van der Waals surface area contributed by atoms with Gasteiger partial charge in [0.05, 0.1) is 11.3 Å². The van der Waals surface area contributed by atoms with Crippen LogP contribution in [0.3, 0.4) is 0 Å². The Morgan fingerprint density at radius 3 is 2.48 bits per heavy atom. The van der Waals surface area contributed by atoms with Crippen molar-refractivity contribution in [2.75, 3.05) is 6.79 Å². The number of phenolic OH excluding ortho intramolecular Hbond substituents is 2. The lowest BCUT2D eigenvalue weighted by Crippen LogP contribution is -1.93. The first kappa shape index (κ1) is 11.8. The highest BCUT2D eigenvalue weighted by molar-refractivity contribution is 5.90. The largest absolute Gasteiger partial charge is 0.507 e. The van der Waals surface area contributed by atoms with Crippen LogP contribution in [0.1, 0.15) is 0 Å². The molecule has 0 unspecified atom stereocenters. The summed E-state index contributed by atoms with van der Waals surface area (Å²) in [6, 6.07) is 11.9. The molecule has 1 aliphatic heterocycles. The Bertz CT molecular complexity index is 840. The van der Waals surface area contributed by atoms with Gasteiger partial charge in [-0.15, -0.1) is 0 Å². The fourth-order valence-corrected chi connectivity index (χ4v) is 2.48. The Balaban J connectivity index is 1.99. The van der Waals surface area contributed by atoms with Crippen LogP contribution in [0.2, 0.25) is 0 Å². The number of benzene rings is 2. The van der Waals surface area contributed by atoms with Gasteiger partial charge >= 0.3 is 0 Å². The molecule has 0 amide bonds. The molecule has 2 heterocycles. The van der Waals surface area contributed by atoms with Gasteiger partial charge in [-0.1, -0.05) is 12.1 Å². The minimum atomic E-state index is -0.0217. The van der Waals surface area contributed by atoms with Gasteiger partial charge in [0.25, 0.3) is 0 Å². The molecule has 0 atom stereocenters. The molecule has 0 saturated heterocycles. The third-order valence-corrected chi connectivity index (χ3v) is 3.47. The van der Waals surface area contributed by atoms with E-state index < -0.39 is 0 Å². The molecule has 3 aromatic rings. The smallest absolute Gasteiger partial charge is 0.231 e. The van der Waals surface area contributed by atoms with Crippen LogP contribution < -0.4 is 9.47 Å². The second-order valence-corrected chi connectivity index (χ2v) is 4.74. The molecule has 5 nitrogen and oxygen atoms in total. The van der Waals surface area contributed by atoms with E-state index in [9.17, 15) is 10.2 Å². The molecule has 2 N–H and O–H groups in total. The first-order valence-electron chi connectivity index (χ1n) is 6.45. The second kappa shape index (κ2) is 4.28. The lowest BCUT2D eigenvalue weighted by atomic mass is 10.1. The summed E-state index contributed by atoms with van der Waals surface area (Å²) in [5.74, 6) is 1.19. The molecule has 0 aliphatic carbocycles. The van der Waals surface area contributed by atoms with Crippen molar-refractivity contribution in [2.45, 2.75) is 0 Å². The SMILES string of the molecule is Oc1cccc(O)c1-c1ccc2ccc3c(c2n1)OCO3. The zero-order chi connectivity index (χ0) is 14.4. The fourth-order valence-electron chi connectivity index (χ4n) is 2.48. The average Bonchev–Trinajstić information content (AvgIpc) is 2.96. The third kappa shape index (κ3) is 1.74. The van der Waals surface area contributed by atoms with Crippen LogP contribution in [0.15, 0.2) is 42.5 Å². The van der Waals surface area contributed by atoms with Crippen molar-refractivity contribution in [3.63, 3.8) is 0 Å². The third-order valence-electron chi connectivity index (χ3n) is 3.47. The summed E-state index contributed by atoms with van der Waals surface area (Å²) in [6.45, 7) is 0.169. The lowest BCUT2D eigenvalue weighted by molar-refractivity contribution is 0.174. The number of fused-ring (bicyclic) bond motifs is 3. The number of ether oxygens (including phenoxy) is 2. The van der Waals surface area contributed by atoms with E-state index >= 15 is 0 Å². The number of aromatic nitrogens is 1. The molecule has 0 spiro atoms. The number of pyridine rings is 1. The van der Waals surface area contributed by atoms with Crippen LogP contribution in [0.5, 0.6) is 23.0 Å². The molecule has 4 rings (SSSR count). The van der Waals surface area contributed by atoms with Gasteiger partial charge in [0.15, 0.2) is 11.5 Å². The van der Waals surface area contributed by atoms with Crippen molar-refractivity contribution in [2.24, 2.45) is 0 Å². The minimum absolute atomic E-state index is 0.0217. The summed E-state index contributed by atoms with van der Waals surface area (Å²) in [4.78, 5) is 4.51. The van der Waals surface area contributed by atoms with Crippen molar-refractivity contribution in [1.29, 1.82) is 0 Å². The van der Waals surface area contributed by atoms with Crippen LogP contribution in [-0.4, -0.2) is 22.0 Å². The van der Waals surface area contributed by atoms with Crippen molar-refractivity contribution in [1.82, 2.24) is 4.98 Å². The van der Waals surface area contributed by atoms with Crippen molar-refractivity contribution >= 4 is 10.9 Å². The molecule has 5 heteroatoms. The molecule has 0 fully saturated rings. The van der Waals surface area contributed by atoms with Crippen molar-refractivity contribution in [3.8, 4) is 34.3 Å². The van der Waals surface area contributed by atoms with Crippen LogP contribution in [0.25, 0.3) is 22.2 Å². The van der Waals surface area contributed by atoms with E-state index in [2.05, 4.69) is 4.98 Å². The molecule has 104 valence electrons. The number of rotatable bonds is 1. The molecule has 21 heavy (non-hydrogen) atoms. The Morgan fingerprint density at radius 1 is 0.905 bits per heavy atom. The molecular formula is C16H11NO4. The van der Waals surface area contributed by atoms with Gasteiger partial charge in [0.1, 0.15) is 17.0 Å². The van der Waals surface area contributed by atoms with Gasteiger partial charge in [0.2, 0.25) is 6.79 Å². The highest BCUT2D eigenvalue weighted by Crippen LogP contribution is 2.41. The van der Waals surface area contributed by atoms with E-state index in [1.807, 2.05) is 18.2 Å². The minimum Gasteiger partial charge on any atom is -0.507 e. The van der Waals surface area contributed by atoms with Gasteiger partial charge in [-0.25, -0.2) is 4.98 Å². The topological polar surface area (TPSA) is 71.8 Å². The first-order chi connectivity index (χ1) is 10.2. The summed E-state index contributed by atoms with van der Waals surface area (Å²) in [6.07, 6.45) is 0. The highest BCUT2D eigenvalue weighted by Gasteiger charge is 2.19. The molecule has 1 aliphatic rings. The highest BCUT2D eigenvalue weighted by atomic mass is 16.7. The predicted molar refractivity (Wildman–Crippen MR) is 76.6 cm³/mol. The molecule has 1 aromatic heterocycles. The standard InChI is InChI=1S/C16H11NO4/c18-11-2-1-3-12(19)14(11)10-6-4-9-5-7-13-16(15(9)17-10)21-8-20-13/h1-7,18-19H,8H2. The summed E-state index contributed by atoms with van der Waals surface area (Å²) in [5, 5.41) is 20.8. The Labute approximate surface area is 120 Å². The summed E-state index contributed by atoms with van der Waals surface area (Å²) in [5.41, 5.74) is 1.42. The van der Waals surface area contributed by atoms with Crippen molar-refractivity contribution in [3.05, 3.63) is 42.5 Å². The van der Waals surface area contributed by atoms with Gasteiger partial charge in [-0.3, -0.25) is 0 Å². The number of hydrogen-bond donors (Lipinski definition) is 2. The maximum Gasteiger partial charge on any atom is 0.231 e. The van der Waals surface area contributed by atoms with E-state index in [1.165, 1.54) is 12.1 Å². The second-order valence-electron chi connectivity index (χ2n) is 4.74. The quantitative estimate of drug-likeness (QED) is 0.717. The van der Waals surface area contributed by atoms with E-state index in [0.717, 1.165) is 5.39 Å². The summed E-state index contributed by atoms with van der Waals surface area (Å²) < 4.78 is 10.8. The monoisotopic (exact) mass is 281 g/mol. The van der Waals surface area contributed by atoms with E-state index in [-0.39, 0.29) is 18.3 Å². The van der Waals surface area contributed by atoms with E-state index in [1.54, 1.807) is 12.1 Å². The van der Waals surface area contributed by atoms with Crippen LogP contribution >= 0.6 is 0 Å². The van der Waals surface area contributed by atoms with Gasteiger partial charge in [-0.05, 0) is 30.3 Å². The van der Waals surface area contributed by atoms with Crippen LogP contribution in [-0.2, 0) is 0 Å². The molecular weight excluding hydrogens is 270 g/mol. The molecule has 2 aromatic carbocycles. The summed E-state index contributed by atoms with van der Waals surface area (Å²) in [7, 11) is 0. The Kier molecular flexibility index (Phi) is 2.41. The molecule has 0 radical (unpaired) electrons. The normalized spacial score (nSPS) is 12.8. The average molecular weight is 281 g/mol. The number of phenols is 2. The number of aromatic hydroxyl groups is 2. The van der Waals surface area contributed by atoms with Crippen LogP contribution in [0.4, 0.5) is 0 Å². The molecule has 0 bridgehead atoms. The van der Waals surface area contributed by atoms with E-state index in [4.69, 9.17) is 9.47 Å². The first-order valence-corrected chi connectivity index (χ1v) is 6.45. The van der Waals surface area contributed by atoms with Gasteiger partial charge < -0.3 is 19.7 Å². The van der Waals surface area contributed by atoms with Gasteiger partial charge in [-0.2, -0.15) is 0 Å². The van der Waals surface area contributed by atoms with Crippen LogP contribution in [0, 0.1) is 0 Å². The predicted octanol–water partition coefficient (Wildman–Crippen LogP) is 3.04. The Hall–Kier alpha value is -2.95. The summed E-state index contributed by atoms with van der Waals surface area (Å²) >= 11 is 0. The maximum absolute atomic E-state index is 9.95. The maximum atomic E-state index is 9.95. The number of hydrogen-bond acceptors (Lipinski definition) is 5. The zero-order valence-electron chi connectivity index (χ0n) is 10.9. The van der Waals surface area contributed by atoms with Gasteiger partial charge in [0, 0.05) is 5.39 Å². The van der Waals surface area contributed by atoms with E-state index in [0.29, 0.717) is 28.3 Å².